The molecule has 0 radical (unpaired) electrons. The van der Waals surface area contributed by atoms with Crippen molar-refractivity contribution in [1.82, 2.24) is 25.3 Å². The Hall–Kier alpha value is -1.83. The van der Waals surface area contributed by atoms with E-state index in [-0.39, 0.29) is 17.2 Å². The monoisotopic (exact) mass is 294 g/mol. The van der Waals surface area contributed by atoms with E-state index < -0.39 is 0 Å². The Labute approximate surface area is 121 Å². The highest BCUT2D eigenvalue weighted by atomic mass is 32.2. The first-order valence-electron chi connectivity index (χ1n) is 6.44. The fourth-order valence-electron chi connectivity index (χ4n) is 1.56. The Kier molecular flexibility index (Phi) is 4.43. The van der Waals surface area contributed by atoms with Crippen LogP contribution in [0.5, 0.6) is 0 Å². The van der Waals surface area contributed by atoms with Crippen LogP contribution in [-0.2, 0) is 4.79 Å². The normalized spacial score (nSPS) is 14.2. The van der Waals surface area contributed by atoms with Crippen LogP contribution in [0.25, 0.3) is 11.2 Å². The molecule has 108 valence electrons. The third-order valence-electron chi connectivity index (χ3n) is 2.95. The van der Waals surface area contributed by atoms with Gasteiger partial charge in [0.05, 0.1) is 5.25 Å². The highest BCUT2D eigenvalue weighted by Crippen LogP contribution is 2.24. The van der Waals surface area contributed by atoms with Crippen molar-refractivity contribution in [2.24, 2.45) is 0 Å². The second-order valence-electron chi connectivity index (χ2n) is 4.58. The summed E-state index contributed by atoms with van der Waals surface area (Å²) in [5.74, 6) is 0.343. The van der Waals surface area contributed by atoms with E-state index in [0.29, 0.717) is 22.1 Å². The van der Waals surface area contributed by atoms with E-state index in [4.69, 9.17) is 5.73 Å². The number of nitrogens with two attached hydrogens (primary N) is 1. The van der Waals surface area contributed by atoms with Crippen molar-refractivity contribution in [2.45, 2.75) is 43.6 Å². The molecule has 0 saturated heterocycles. The minimum Gasteiger partial charge on any atom is -0.382 e. The topological polar surface area (TPSA) is 110 Å². The zero-order chi connectivity index (χ0) is 14.7. The maximum atomic E-state index is 12.0. The first-order chi connectivity index (χ1) is 9.51. The van der Waals surface area contributed by atoms with E-state index in [1.165, 1.54) is 18.1 Å². The summed E-state index contributed by atoms with van der Waals surface area (Å²) in [5, 5.41) is 3.30. The molecule has 0 aliphatic carbocycles. The fourth-order valence-corrected chi connectivity index (χ4v) is 2.37. The quantitative estimate of drug-likeness (QED) is 0.718. The summed E-state index contributed by atoms with van der Waals surface area (Å²) < 4.78 is 0. The first kappa shape index (κ1) is 14.6. The van der Waals surface area contributed by atoms with E-state index >= 15 is 0 Å². The predicted molar refractivity (Wildman–Crippen MR) is 79.3 cm³/mol. The summed E-state index contributed by atoms with van der Waals surface area (Å²) in [6, 6.07) is 0.169. The number of nitrogens with zero attached hydrogens (tertiary/aromatic N) is 3. The summed E-state index contributed by atoms with van der Waals surface area (Å²) in [4.78, 5) is 27.2. The molecule has 2 aromatic heterocycles. The van der Waals surface area contributed by atoms with Crippen molar-refractivity contribution in [3.8, 4) is 0 Å². The Morgan fingerprint density at radius 3 is 2.90 bits per heavy atom. The molecule has 0 saturated carbocycles. The number of carbonyl (C=O) groups excluding carboxylic acids is 1. The van der Waals surface area contributed by atoms with Gasteiger partial charge in [-0.25, -0.2) is 15.0 Å². The molecule has 2 rings (SSSR count). The molecule has 2 aromatic rings. The van der Waals surface area contributed by atoms with Crippen molar-refractivity contribution < 1.29 is 4.79 Å². The van der Waals surface area contributed by atoms with Gasteiger partial charge in [0.25, 0.3) is 0 Å². The molecule has 2 unspecified atom stereocenters. The number of rotatable bonds is 5. The number of nitrogen functional groups attached to an aromatic ring is 1. The number of aromatic nitrogens is 4. The average Bonchev–Trinajstić information content (AvgIpc) is 2.82. The lowest BCUT2D eigenvalue weighted by molar-refractivity contribution is -0.120. The van der Waals surface area contributed by atoms with Crippen LogP contribution in [0.4, 0.5) is 5.82 Å². The molecule has 0 fully saturated rings. The smallest absolute Gasteiger partial charge is 0.233 e. The zero-order valence-electron chi connectivity index (χ0n) is 11.7. The van der Waals surface area contributed by atoms with E-state index in [0.717, 1.165) is 6.42 Å². The molecule has 0 aliphatic heterocycles. The van der Waals surface area contributed by atoms with Gasteiger partial charge in [0, 0.05) is 6.04 Å². The number of fused-ring (bicyclic) bond motifs is 1. The number of thioether (sulfide) groups is 1. The van der Waals surface area contributed by atoms with E-state index in [1.54, 1.807) is 0 Å². The predicted octanol–water partition coefficient (Wildman–Crippen LogP) is 1.33. The Bertz CT molecular complexity index is 613. The van der Waals surface area contributed by atoms with Gasteiger partial charge in [0.2, 0.25) is 5.91 Å². The first-order valence-corrected chi connectivity index (χ1v) is 7.32. The second-order valence-corrected chi connectivity index (χ2v) is 5.91. The summed E-state index contributed by atoms with van der Waals surface area (Å²) in [6.45, 7) is 5.85. The maximum absolute atomic E-state index is 12.0. The number of anilines is 1. The molecule has 0 spiro atoms. The fraction of sp³-hybridized carbons (Fsp3) is 0.500. The molecule has 4 N–H and O–H groups in total. The van der Waals surface area contributed by atoms with Crippen molar-refractivity contribution >= 4 is 34.7 Å². The van der Waals surface area contributed by atoms with Crippen LogP contribution in [-0.4, -0.2) is 37.1 Å². The van der Waals surface area contributed by atoms with Crippen LogP contribution < -0.4 is 11.1 Å². The SMILES string of the molecule is CCC(C)NC(=O)C(C)Sc1nc2ncnc(N)c2[nH]1. The van der Waals surface area contributed by atoms with Gasteiger partial charge in [-0.1, -0.05) is 18.7 Å². The number of aromatic amines is 1. The minimum absolute atomic E-state index is 0.0103. The third-order valence-corrected chi connectivity index (χ3v) is 3.94. The van der Waals surface area contributed by atoms with Crippen LogP contribution in [0.2, 0.25) is 0 Å². The Balaban J connectivity index is 2.08. The van der Waals surface area contributed by atoms with Crippen LogP contribution in [0.1, 0.15) is 27.2 Å². The van der Waals surface area contributed by atoms with Gasteiger partial charge in [0.15, 0.2) is 16.6 Å². The van der Waals surface area contributed by atoms with Gasteiger partial charge in [-0.15, -0.1) is 0 Å². The number of nitrogens with one attached hydrogen (secondary N) is 2. The lowest BCUT2D eigenvalue weighted by atomic mass is 10.2. The van der Waals surface area contributed by atoms with Crippen LogP contribution >= 0.6 is 11.8 Å². The number of imidazole rings is 1. The van der Waals surface area contributed by atoms with E-state index in [9.17, 15) is 4.79 Å². The second kappa shape index (κ2) is 6.08. The molecule has 0 aromatic carbocycles. The Morgan fingerprint density at radius 2 is 2.25 bits per heavy atom. The summed E-state index contributed by atoms with van der Waals surface area (Å²) in [5.41, 5.74) is 6.84. The van der Waals surface area contributed by atoms with Gasteiger partial charge >= 0.3 is 0 Å². The van der Waals surface area contributed by atoms with Gasteiger partial charge in [-0.2, -0.15) is 0 Å². The van der Waals surface area contributed by atoms with Crippen molar-refractivity contribution in [3.63, 3.8) is 0 Å². The zero-order valence-corrected chi connectivity index (χ0v) is 12.5. The molecule has 1 amide bonds. The molecule has 20 heavy (non-hydrogen) atoms. The largest absolute Gasteiger partial charge is 0.382 e. The van der Waals surface area contributed by atoms with Crippen LogP contribution in [0, 0.1) is 0 Å². The molecular formula is C12H18N6OS. The maximum Gasteiger partial charge on any atom is 0.233 e. The standard InChI is InChI=1S/C12H18N6OS/c1-4-6(2)16-11(19)7(3)20-12-17-8-9(13)14-5-15-10(8)18-12/h5-7H,4H2,1-3H3,(H,16,19)(H3,13,14,15,17,18). The molecule has 0 aliphatic rings. The number of hydrogen-bond donors (Lipinski definition) is 3. The number of amides is 1. The van der Waals surface area contributed by atoms with Gasteiger partial charge in [0.1, 0.15) is 11.8 Å². The van der Waals surface area contributed by atoms with Crippen molar-refractivity contribution in [3.05, 3.63) is 6.33 Å². The van der Waals surface area contributed by atoms with Crippen LogP contribution in [0.15, 0.2) is 11.5 Å². The molecule has 7 nitrogen and oxygen atoms in total. The van der Waals surface area contributed by atoms with Crippen molar-refractivity contribution in [1.29, 1.82) is 0 Å². The highest BCUT2D eigenvalue weighted by molar-refractivity contribution is 8.00. The lowest BCUT2D eigenvalue weighted by Gasteiger charge is -2.14. The van der Waals surface area contributed by atoms with E-state index in [1.807, 2.05) is 20.8 Å². The molecule has 2 heterocycles. The van der Waals surface area contributed by atoms with Gasteiger partial charge in [-0.05, 0) is 20.3 Å². The number of H-pyrrole nitrogens is 1. The summed E-state index contributed by atoms with van der Waals surface area (Å²) >= 11 is 1.34. The summed E-state index contributed by atoms with van der Waals surface area (Å²) in [6.07, 6.45) is 2.27. The van der Waals surface area contributed by atoms with Crippen LogP contribution in [0.3, 0.4) is 0 Å². The molecule has 8 heteroatoms. The lowest BCUT2D eigenvalue weighted by Crippen LogP contribution is -2.37. The average molecular weight is 294 g/mol. The minimum atomic E-state index is -0.251. The van der Waals surface area contributed by atoms with Gasteiger partial charge in [-0.3, -0.25) is 4.79 Å². The highest BCUT2D eigenvalue weighted by Gasteiger charge is 2.18. The summed E-state index contributed by atoms with van der Waals surface area (Å²) in [7, 11) is 0. The number of carbonyl (C=O) groups is 1. The van der Waals surface area contributed by atoms with E-state index in [2.05, 4.69) is 25.3 Å². The third kappa shape index (κ3) is 3.19. The Morgan fingerprint density at radius 1 is 1.50 bits per heavy atom. The molecule has 0 bridgehead atoms. The van der Waals surface area contributed by atoms with Gasteiger partial charge < -0.3 is 16.0 Å². The molecular weight excluding hydrogens is 276 g/mol. The molecule has 2 atom stereocenters. The van der Waals surface area contributed by atoms with Crippen molar-refractivity contribution in [2.75, 3.05) is 5.73 Å². The number of hydrogen-bond acceptors (Lipinski definition) is 6.